The molecule has 0 radical (unpaired) electrons. The summed E-state index contributed by atoms with van der Waals surface area (Å²) in [6, 6.07) is 13.0. The lowest BCUT2D eigenvalue weighted by atomic mass is 10.0. The number of piperidine rings is 1. The van der Waals surface area contributed by atoms with Gasteiger partial charge in [0.05, 0.1) is 13.7 Å². The quantitative estimate of drug-likeness (QED) is 0.926. The van der Waals surface area contributed by atoms with Gasteiger partial charge in [-0.15, -0.1) is 0 Å². The van der Waals surface area contributed by atoms with Gasteiger partial charge in [0.2, 0.25) is 5.91 Å². The Morgan fingerprint density at radius 2 is 2.00 bits per heavy atom. The first-order chi connectivity index (χ1) is 12.2. The van der Waals surface area contributed by atoms with Gasteiger partial charge in [0.1, 0.15) is 17.6 Å². The van der Waals surface area contributed by atoms with Crippen LogP contribution in [0.5, 0.6) is 0 Å². The molecule has 1 N–H and O–H groups in total. The molecule has 1 atom stereocenters. The van der Waals surface area contributed by atoms with Gasteiger partial charge in [-0.25, -0.2) is 4.79 Å². The summed E-state index contributed by atoms with van der Waals surface area (Å²) < 4.78 is 10.6. The van der Waals surface area contributed by atoms with Gasteiger partial charge in [0.25, 0.3) is 0 Å². The summed E-state index contributed by atoms with van der Waals surface area (Å²) in [6.07, 6.45) is 2.00. The third-order valence-corrected chi connectivity index (χ3v) is 4.37. The minimum absolute atomic E-state index is 0.178. The van der Waals surface area contributed by atoms with E-state index < -0.39 is 12.1 Å². The zero-order chi connectivity index (χ0) is 17.6. The maximum absolute atomic E-state index is 12.5. The molecular weight excluding hydrogens is 320 g/mol. The van der Waals surface area contributed by atoms with Crippen LogP contribution in [0.2, 0.25) is 0 Å². The fourth-order valence-electron chi connectivity index (χ4n) is 3.06. The van der Waals surface area contributed by atoms with E-state index in [1.165, 1.54) is 12.0 Å². The van der Waals surface area contributed by atoms with E-state index in [0.717, 1.165) is 24.2 Å². The molecule has 6 heteroatoms. The Bertz CT molecular complexity index is 726. The fourth-order valence-corrected chi connectivity index (χ4v) is 3.06. The molecule has 25 heavy (non-hydrogen) atoms. The topological polar surface area (TPSA) is 71.8 Å². The van der Waals surface area contributed by atoms with Crippen molar-refractivity contribution in [3.05, 3.63) is 48.2 Å². The SMILES string of the molecule is COC(=O)N1CCCC[C@H]1C(=O)NCc1ccc(-c2ccccc2)o1. The Hall–Kier alpha value is -2.76. The van der Waals surface area contributed by atoms with Gasteiger partial charge < -0.3 is 14.5 Å². The molecule has 0 saturated carbocycles. The highest BCUT2D eigenvalue weighted by molar-refractivity contribution is 5.85. The number of likely N-dealkylation sites (tertiary alicyclic amines) is 1. The van der Waals surface area contributed by atoms with Gasteiger partial charge in [-0.05, 0) is 31.4 Å². The van der Waals surface area contributed by atoms with Crippen molar-refractivity contribution in [1.82, 2.24) is 10.2 Å². The van der Waals surface area contributed by atoms with Crippen LogP contribution in [0.1, 0.15) is 25.0 Å². The van der Waals surface area contributed by atoms with Crippen molar-refractivity contribution in [2.45, 2.75) is 31.8 Å². The number of ether oxygens (including phenoxy) is 1. The second kappa shape index (κ2) is 7.88. The average Bonchev–Trinajstić information content (AvgIpc) is 3.15. The van der Waals surface area contributed by atoms with Gasteiger partial charge in [0.15, 0.2) is 0 Å². The Labute approximate surface area is 146 Å². The zero-order valence-electron chi connectivity index (χ0n) is 14.2. The van der Waals surface area contributed by atoms with E-state index in [9.17, 15) is 9.59 Å². The summed E-state index contributed by atoms with van der Waals surface area (Å²) in [5, 5.41) is 2.86. The monoisotopic (exact) mass is 342 g/mol. The Balaban J connectivity index is 1.60. The van der Waals surface area contributed by atoms with Gasteiger partial charge in [0, 0.05) is 12.1 Å². The number of rotatable bonds is 4. The minimum Gasteiger partial charge on any atom is -0.459 e. The van der Waals surface area contributed by atoms with E-state index >= 15 is 0 Å². The number of amides is 2. The number of carbonyl (C=O) groups excluding carboxylic acids is 2. The van der Waals surface area contributed by atoms with Crippen LogP contribution in [0.25, 0.3) is 11.3 Å². The standard InChI is InChI=1S/C19H22N2O4/c1-24-19(23)21-12-6-5-9-16(21)18(22)20-13-15-10-11-17(25-15)14-7-3-2-4-8-14/h2-4,7-8,10-11,16H,5-6,9,12-13H2,1H3,(H,20,22)/t16-/m0/s1. The molecule has 2 amide bonds. The van der Waals surface area contributed by atoms with E-state index in [2.05, 4.69) is 5.32 Å². The lowest BCUT2D eigenvalue weighted by Gasteiger charge is -2.33. The van der Waals surface area contributed by atoms with E-state index in [1.54, 1.807) is 0 Å². The molecule has 6 nitrogen and oxygen atoms in total. The van der Waals surface area contributed by atoms with Crippen molar-refractivity contribution in [2.24, 2.45) is 0 Å². The van der Waals surface area contributed by atoms with Crippen molar-refractivity contribution in [1.29, 1.82) is 0 Å². The fraction of sp³-hybridized carbons (Fsp3) is 0.368. The predicted octanol–water partition coefficient (Wildman–Crippen LogP) is 3.18. The molecule has 2 aromatic rings. The lowest BCUT2D eigenvalue weighted by Crippen LogP contribution is -2.51. The molecule has 1 aromatic carbocycles. The normalized spacial score (nSPS) is 17.2. The predicted molar refractivity (Wildman–Crippen MR) is 92.7 cm³/mol. The Kier molecular flexibility index (Phi) is 5.38. The number of nitrogens with one attached hydrogen (secondary N) is 1. The molecular formula is C19H22N2O4. The van der Waals surface area contributed by atoms with Crippen molar-refractivity contribution in [3.63, 3.8) is 0 Å². The third-order valence-electron chi connectivity index (χ3n) is 4.37. The highest BCUT2D eigenvalue weighted by atomic mass is 16.5. The molecule has 1 aliphatic rings. The van der Waals surface area contributed by atoms with Gasteiger partial charge >= 0.3 is 6.09 Å². The maximum Gasteiger partial charge on any atom is 0.410 e. The number of carbonyl (C=O) groups is 2. The summed E-state index contributed by atoms with van der Waals surface area (Å²) in [6.45, 7) is 0.834. The first-order valence-corrected chi connectivity index (χ1v) is 8.45. The van der Waals surface area contributed by atoms with Crippen molar-refractivity contribution in [2.75, 3.05) is 13.7 Å². The molecule has 2 heterocycles. The second-order valence-corrected chi connectivity index (χ2v) is 6.02. The van der Waals surface area contributed by atoms with E-state index in [0.29, 0.717) is 18.7 Å². The Morgan fingerprint density at radius 3 is 2.76 bits per heavy atom. The summed E-state index contributed by atoms with van der Waals surface area (Å²) in [5.41, 5.74) is 0.990. The van der Waals surface area contributed by atoms with Crippen molar-refractivity contribution in [3.8, 4) is 11.3 Å². The molecule has 0 bridgehead atoms. The lowest BCUT2D eigenvalue weighted by molar-refractivity contribution is -0.127. The molecule has 1 aromatic heterocycles. The summed E-state index contributed by atoms with van der Waals surface area (Å²) in [5.74, 6) is 1.26. The van der Waals surface area contributed by atoms with Crippen LogP contribution in [-0.4, -0.2) is 36.6 Å². The highest BCUT2D eigenvalue weighted by Gasteiger charge is 2.32. The largest absolute Gasteiger partial charge is 0.459 e. The van der Waals surface area contributed by atoms with Crippen LogP contribution in [0.3, 0.4) is 0 Å². The van der Waals surface area contributed by atoms with E-state index in [1.807, 2.05) is 42.5 Å². The number of nitrogens with zero attached hydrogens (tertiary/aromatic N) is 1. The first-order valence-electron chi connectivity index (χ1n) is 8.45. The smallest absolute Gasteiger partial charge is 0.410 e. The highest BCUT2D eigenvalue weighted by Crippen LogP contribution is 2.22. The molecule has 3 rings (SSSR count). The number of methoxy groups -OCH3 is 1. The van der Waals surface area contributed by atoms with Crippen molar-refractivity contribution >= 4 is 12.0 Å². The van der Waals surface area contributed by atoms with E-state index in [-0.39, 0.29) is 12.5 Å². The zero-order valence-corrected chi connectivity index (χ0v) is 14.2. The van der Waals surface area contributed by atoms with Crippen LogP contribution in [0.4, 0.5) is 4.79 Å². The molecule has 0 spiro atoms. The van der Waals surface area contributed by atoms with Gasteiger partial charge in [-0.2, -0.15) is 0 Å². The average molecular weight is 342 g/mol. The van der Waals surface area contributed by atoms with Crippen LogP contribution < -0.4 is 5.32 Å². The number of furan rings is 1. The summed E-state index contributed by atoms with van der Waals surface area (Å²) in [4.78, 5) is 25.8. The molecule has 1 fully saturated rings. The molecule has 0 aliphatic carbocycles. The van der Waals surface area contributed by atoms with Crippen LogP contribution >= 0.6 is 0 Å². The minimum atomic E-state index is -0.482. The van der Waals surface area contributed by atoms with Gasteiger partial charge in [-0.3, -0.25) is 9.69 Å². The molecule has 1 saturated heterocycles. The van der Waals surface area contributed by atoms with Crippen LogP contribution in [0, 0.1) is 0 Å². The number of hydrogen-bond acceptors (Lipinski definition) is 4. The second-order valence-electron chi connectivity index (χ2n) is 6.02. The number of hydrogen-bond donors (Lipinski definition) is 1. The molecule has 132 valence electrons. The molecule has 0 unspecified atom stereocenters. The Morgan fingerprint density at radius 1 is 1.20 bits per heavy atom. The maximum atomic E-state index is 12.5. The third kappa shape index (κ3) is 4.02. The van der Waals surface area contributed by atoms with Gasteiger partial charge in [-0.1, -0.05) is 30.3 Å². The summed E-state index contributed by atoms with van der Waals surface area (Å²) >= 11 is 0. The van der Waals surface area contributed by atoms with Crippen LogP contribution in [-0.2, 0) is 16.1 Å². The summed E-state index contributed by atoms with van der Waals surface area (Å²) in [7, 11) is 1.33. The van der Waals surface area contributed by atoms with Crippen LogP contribution in [0.15, 0.2) is 46.9 Å². The van der Waals surface area contributed by atoms with Crippen molar-refractivity contribution < 1.29 is 18.7 Å². The van der Waals surface area contributed by atoms with E-state index in [4.69, 9.17) is 9.15 Å². The number of benzene rings is 1. The molecule has 1 aliphatic heterocycles. The first kappa shape index (κ1) is 17.1.